The molecule has 0 saturated heterocycles. The van der Waals surface area contributed by atoms with Crippen molar-refractivity contribution in [1.29, 1.82) is 0 Å². The van der Waals surface area contributed by atoms with Gasteiger partial charge in [-0.15, -0.1) is 0 Å². The van der Waals surface area contributed by atoms with Crippen molar-refractivity contribution in [3.8, 4) is 11.5 Å². The van der Waals surface area contributed by atoms with Crippen LogP contribution in [0.2, 0.25) is 0 Å². The molecule has 4 heteroatoms. The highest BCUT2D eigenvalue weighted by atomic mass is 79.9. The number of fused-ring (bicyclic) bond motifs is 1. The van der Waals surface area contributed by atoms with E-state index in [0.29, 0.717) is 12.5 Å². The molecule has 1 aromatic carbocycles. The van der Waals surface area contributed by atoms with Crippen molar-refractivity contribution < 1.29 is 9.47 Å². The summed E-state index contributed by atoms with van der Waals surface area (Å²) in [6.07, 6.45) is 3.42. The number of benzene rings is 1. The summed E-state index contributed by atoms with van der Waals surface area (Å²) in [4.78, 5) is 0. The van der Waals surface area contributed by atoms with E-state index in [4.69, 9.17) is 15.2 Å². The van der Waals surface area contributed by atoms with Crippen LogP contribution in [0.3, 0.4) is 0 Å². The van der Waals surface area contributed by atoms with Crippen molar-refractivity contribution in [3.05, 3.63) is 22.2 Å². The fourth-order valence-corrected chi connectivity index (χ4v) is 3.07. The molecule has 1 aromatic rings. The van der Waals surface area contributed by atoms with Gasteiger partial charge in [-0.25, -0.2) is 0 Å². The Morgan fingerprint density at radius 3 is 2.74 bits per heavy atom. The molecule has 1 heterocycles. The largest absolute Gasteiger partial charge is 0.489 e. The third-order valence-electron chi connectivity index (χ3n) is 4.21. The Morgan fingerprint density at radius 2 is 2.05 bits per heavy atom. The molecule has 104 valence electrons. The molecule has 0 bridgehead atoms. The first kappa shape index (κ1) is 13.3. The maximum absolute atomic E-state index is 5.99. The lowest BCUT2D eigenvalue weighted by atomic mass is 9.97. The van der Waals surface area contributed by atoms with E-state index in [0.717, 1.165) is 35.6 Å². The van der Waals surface area contributed by atoms with Gasteiger partial charge < -0.3 is 15.2 Å². The van der Waals surface area contributed by atoms with Gasteiger partial charge in [0, 0.05) is 5.41 Å². The summed E-state index contributed by atoms with van der Waals surface area (Å²) < 4.78 is 12.9. The van der Waals surface area contributed by atoms with Gasteiger partial charge >= 0.3 is 0 Å². The predicted octanol–water partition coefficient (Wildman–Crippen LogP) is 3.45. The number of nitrogens with two attached hydrogens (primary N) is 1. The first-order valence-electron chi connectivity index (χ1n) is 6.93. The Hall–Kier alpha value is -0.740. The van der Waals surface area contributed by atoms with E-state index >= 15 is 0 Å². The van der Waals surface area contributed by atoms with Crippen LogP contribution in [0.25, 0.3) is 0 Å². The molecule has 3 nitrogen and oxygen atoms in total. The van der Waals surface area contributed by atoms with Gasteiger partial charge in [0.15, 0.2) is 11.5 Å². The minimum absolute atomic E-state index is 0.279. The van der Waals surface area contributed by atoms with E-state index in [9.17, 15) is 0 Å². The number of ether oxygens (including phenoxy) is 2. The van der Waals surface area contributed by atoms with E-state index in [1.54, 1.807) is 0 Å². The lowest BCUT2D eigenvalue weighted by Crippen LogP contribution is -2.17. The van der Waals surface area contributed by atoms with Crippen LogP contribution in [0, 0.1) is 5.41 Å². The molecule has 0 amide bonds. The summed E-state index contributed by atoms with van der Waals surface area (Å²) in [5.74, 6) is 2.16. The van der Waals surface area contributed by atoms with Gasteiger partial charge in [0.25, 0.3) is 0 Å². The first-order chi connectivity index (χ1) is 9.13. The Kier molecular flexibility index (Phi) is 3.48. The second-order valence-corrected chi connectivity index (χ2v) is 6.74. The van der Waals surface area contributed by atoms with Crippen LogP contribution in [-0.2, 0) is 0 Å². The molecule has 0 aromatic heterocycles. The smallest absolute Gasteiger partial charge is 0.175 e. The molecular formula is C15H20BrNO2. The summed E-state index contributed by atoms with van der Waals surface area (Å²) >= 11 is 3.61. The third kappa shape index (κ3) is 2.61. The standard InChI is InChI=1S/C15H20BrNO2/c1-10(2-5-17)11-6-12(16)14-13(7-11)18-8-15(3-4-15)9-19-14/h6-7,10H,2-5,8-9,17H2,1H3. The number of hydrogen-bond acceptors (Lipinski definition) is 3. The highest BCUT2D eigenvalue weighted by Gasteiger charge is 2.46. The Morgan fingerprint density at radius 1 is 1.32 bits per heavy atom. The van der Waals surface area contributed by atoms with Gasteiger partial charge in [-0.2, -0.15) is 0 Å². The van der Waals surface area contributed by atoms with E-state index in [-0.39, 0.29) is 5.41 Å². The van der Waals surface area contributed by atoms with Crippen LogP contribution in [0.4, 0.5) is 0 Å². The Bertz CT molecular complexity index is 485. The average molecular weight is 326 g/mol. The Balaban J connectivity index is 1.88. The highest BCUT2D eigenvalue weighted by molar-refractivity contribution is 9.10. The summed E-state index contributed by atoms with van der Waals surface area (Å²) in [6, 6.07) is 4.25. The minimum Gasteiger partial charge on any atom is -0.489 e. The molecular weight excluding hydrogens is 306 g/mol. The SMILES string of the molecule is CC(CCN)c1cc(Br)c2c(c1)OCC1(CC1)CO2. The van der Waals surface area contributed by atoms with E-state index in [2.05, 4.69) is 35.0 Å². The second-order valence-electron chi connectivity index (χ2n) is 5.89. The molecule has 1 fully saturated rings. The Labute approximate surface area is 122 Å². The maximum atomic E-state index is 5.99. The van der Waals surface area contributed by atoms with Crippen molar-refractivity contribution >= 4 is 15.9 Å². The normalized spacial score (nSPS) is 21.0. The zero-order valence-electron chi connectivity index (χ0n) is 11.2. The summed E-state index contributed by atoms with van der Waals surface area (Å²) in [5, 5.41) is 0. The molecule has 1 atom stereocenters. The molecule has 0 radical (unpaired) electrons. The van der Waals surface area contributed by atoms with Gasteiger partial charge in [0.05, 0.1) is 17.7 Å². The zero-order valence-corrected chi connectivity index (χ0v) is 12.8. The number of hydrogen-bond donors (Lipinski definition) is 1. The lowest BCUT2D eigenvalue weighted by molar-refractivity contribution is 0.196. The van der Waals surface area contributed by atoms with Gasteiger partial charge in [0.2, 0.25) is 0 Å². The summed E-state index contributed by atoms with van der Waals surface area (Å²) in [6.45, 7) is 4.45. The summed E-state index contributed by atoms with van der Waals surface area (Å²) in [5.41, 5.74) is 7.18. The topological polar surface area (TPSA) is 44.5 Å². The van der Waals surface area contributed by atoms with Gasteiger partial charge in [-0.3, -0.25) is 0 Å². The quantitative estimate of drug-likeness (QED) is 0.925. The van der Waals surface area contributed by atoms with Crippen molar-refractivity contribution in [2.24, 2.45) is 11.1 Å². The molecule has 2 aliphatic rings. The summed E-state index contributed by atoms with van der Waals surface area (Å²) in [7, 11) is 0. The van der Waals surface area contributed by atoms with Crippen molar-refractivity contribution in [2.75, 3.05) is 19.8 Å². The van der Waals surface area contributed by atoms with Crippen molar-refractivity contribution in [1.82, 2.24) is 0 Å². The fourth-order valence-electron chi connectivity index (χ4n) is 2.50. The second kappa shape index (κ2) is 4.98. The molecule has 2 N–H and O–H groups in total. The minimum atomic E-state index is 0.279. The predicted molar refractivity (Wildman–Crippen MR) is 78.9 cm³/mol. The lowest BCUT2D eigenvalue weighted by Gasteiger charge is -2.15. The number of halogens is 1. The van der Waals surface area contributed by atoms with Gasteiger partial charge in [-0.1, -0.05) is 6.92 Å². The first-order valence-corrected chi connectivity index (χ1v) is 7.72. The molecule has 1 saturated carbocycles. The molecule has 19 heavy (non-hydrogen) atoms. The van der Waals surface area contributed by atoms with Crippen LogP contribution in [-0.4, -0.2) is 19.8 Å². The zero-order chi connectivity index (χ0) is 13.5. The van der Waals surface area contributed by atoms with Crippen LogP contribution < -0.4 is 15.2 Å². The van der Waals surface area contributed by atoms with E-state index < -0.39 is 0 Å². The van der Waals surface area contributed by atoms with Crippen LogP contribution >= 0.6 is 15.9 Å². The monoisotopic (exact) mass is 325 g/mol. The molecule has 1 unspecified atom stereocenters. The molecule has 1 aliphatic carbocycles. The number of rotatable bonds is 3. The van der Waals surface area contributed by atoms with Crippen LogP contribution in [0.5, 0.6) is 11.5 Å². The molecule has 1 spiro atoms. The highest BCUT2D eigenvalue weighted by Crippen LogP contribution is 2.50. The van der Waals surface area contributed by atoms with Crippen LogP contribution in [0.1, 0.15) is 37.7 Å². The van der Waals surface area contributed by atoms with Gasteiger partial charge in [-0.05, 0) is 65.4 Å². The van der Waals surface area contributed by atoms with E-state index in [1.807, 2.05) is 0 Å². The van der Waals surface area contributed by atoms with E-state index in [1.165, 1.54) is 18.4 Å². The van der Waals surface area contributed by atoms with Crippen molar-refractivity contribution in [2.45, 2.75) is 32.1 Å². The molecule has 3 rings (SSSR count). The van der Waals surface area contributed by atoms with Crippen molar-refractivity contribution in [3.63, 3.8) is 0 Å². The van der Waals surface area contributed by atoms with Crippen LogP contribution in [0.15, 0.2) is 16.6 Å². The maximum Gasteiger partial charge on any atom is 0.175 e. The van der Waals surface area contributed by atoms with Gasteiger partial charge in [0.1, 0.15) is 0 Å². The average Bonchev–Trinajstić information content (AvgIpc) is 3.18. The molecule has 1 aliphatic heterocycles. The fraction of sp³-hybridized carbons (Fsp3) is 0.600. The third-order valence-corrected chi connectivity index (χ3v) is 4.80.